The Morgan fingerprint density at radius 3 is 1.47 bits per heavy atom. The molecule has 0 spiro atoms. The number of aryl methyl sites for hydroxylation is 2. The summed E-state index contributed by atoms with van der Waals surface area (Å²) in [6.07, 6.45) is 0. The second kappa shape index (κ2) is 8.44. The number of rotatable bonds is 5. The maximum absolute atomic E-state index is 13.7. The Labute approximate surface area is 195 Å². The van der Waals surface area contributed by atoms with Gasteiger partial charge >= 0.3 is 0 Å². The molecule has 0 saturated heterocycles. The number of H-pyrrole nitrogens is 2. The van der Waals surface area contributed by atoms with Crippen LogP contribution in [0.3, 0.4) is 0 Å². The highest BCUT2D eigenvalue weighted by Crippen LogP contribution is 2.33. The molecule has 0 aliphatic carbocycles. The van der Waals surface area contributed by atoms with E-state index >= 15 is 0 Å². The maximum atomic E-state index is 13.7. The Balaban J connectivity index is 1.77. The minimum Gasteiger partial charge on any atom is -0.508 e. The summed E-state index contributed by atoms with van der Waals surface area (Å²) in [5.74, 6) is -0.523. The molecule has 0 amide bonds. The van der Waals surface area contributed by atoms with E-state index < -0.39 is 5.92 Å². The molecule has 5 aromatic rings. The molecule has 0 fully saturated rings. The number of nitrogens with zero attached hydrogens (tertiary/aromatic N) is 2. The predicted molar refractivity (Wildman–Crippen MR) is 131 cm³/mol. The zero-order valence-corrected chi connectivity index (χ0v) is 18.8. The molecule has 170 valence electrons. The molecule has 0 saturated carbocycles. The Bertz CT molecular complexity index is 1460. The van der Waals surface area contributed by atoms with Gasteiger partial charge in [-0.25, -0.2) is 9.36 Å². The van der Waals surface area contributed by atoms with E-state index in [0.29, 0.717) is 33.9 Å². The molecule has 3 N–H and O–H groups in total. The molecule has 3 aromatic carbocycles. The molecule has 0 aliphatic heterocycles. The molecule has 0 atom stereocenters. The van der Waals surface area contributed by atoms with Crippen LogP contribution in [0.1, 0.15) is 34.0 Å². The first-order valence-electron chi connectivity index (χ1n) is 11.0. The molecule has 0 unspecified atom stereocenters. The summed E-state index contributed by atoms with van der Waals surface area (Å²) >= 11 is 0. The van der Waals surface area contributed by atoms with Crippen molar-refractivity contribution in [2.45, 2.75) is 19.8 Å². The highest BCUT2D eigenvalue weighted by molar-refractivity contribution is 5.48. The fourth-order valence-corrected chi connectivity index (χ4v) is 4.46. The normalized spacial score (nSPS) is 11.3. The lowest BCUT2D eigenvalue weighted by Crippen LogP contribution is -2.25. The predicted octanol–water partition coefficient (Wildman–Crippen LogP) is 4.15. The van der Waals surface area contributed by atoms with Gasteiger partial charge in [0.1, 0.15) is 5.75 Å². The molecule has 0 radical (unpaired) electrons. The third-order valence-electron chi connectivity index (χ3n) is 6.07. The molecule has 7 nitrogen and oxygen atoms in total. The topological polar surface area (TPSA) is 95.8 Å². The Morgan fingerprint density at radius 2 is 1.06 bits per heavy atom. The molecule has 2 heterocycles. The van der Waals surface area contributed by atoms with E-state index in [0.717, 1.165) is 5.56 Å². The van der Waals surface area contributed by atoms with Crippen LogP contribution in [0, 0.1) is 13.8 Å². The standard InChI is InChI=1S/C27H24N4O3/c1-17-23(26(33)30(28-17)20-9-5-3-6-10-20)25(19-13-15-22(32)16-14-19)24-18(2)29-31(27(24)34)21-11-7-4-8-12-21/h3-16,25,28-29,32H,1-2H3. The largest absolute Gasteiger partial charge is 0.508 e. The van der Waals surface area contributed by atoms with Crippen LogP contribution in [0.5, 0.6) is 5.75 Å². The number of aromatic nitrogens is 4. The van der Waals surface area contributed by atoms with Gasteiger partial charge in [-0.2, -0.15) is 0 Å². The summed E-state index contributed by atoms with van der Waals surface area (Å²) in [4.78, 5) is 27.4. The van der Waals surface area contributed by atoms with E-state index in [1.165, 1.54) is 9.36 Å². The van der Waals surface area contributed by atoms with Gasteiger partial charge in [-0.3, -0.25) is 19.8 Å². The van der Waals surface area contributed by atoms with E-state index in [2.05, 4.69) is 10.2 Å². The number of aromatic amines is 2. The van der Waals surface area contributed by atoms with Gasteiger partial charge < -0.3 is 5.11 Å². The van der Waals surface area contributed by atoms with Crippen LogP contribution >= 0.6 is 0 Å². The smallest absolute Gasteiger partial charge is 0.275 e. The number of nitrogens with one attached hydrogen (secondary N) is 2. The maximum Gasteiger partial charge on any atom is 0.275 e. The number of phenolic OH excluding ortho intramolecular Hbond substituents is 1. The third-order valence-corrected chi connectivity index (χ3v) is 6.07. The Morgan fingerprint density at radius 1 is 0.647 bits per heavy atom. The zero-order chi connectivity index (χ0) is 23.8. The molecular weight excluding hydrogens is 428 g/mol. The van der Waals surface area contributed by atoms with Crippen molar-refractivity contribution in [2.75, 3.05) is 0 Å². The zero-order valence-electron chi connectivity index (χ0n) is 18.8. The average Bonchev–Trinajstić information content (AvgIpc) is 3.32. The molecule has 34 heavy (non-hydrogen) atoms. The Hall–Kier alpha value is -4.52. The van der Waals surface area contributed by atoms with Crippen LogP contribution in [0.4, 0.5) is 0 Å². The van der Waals surface area contributed by atoms with Crippen molar-refractivity contribution in [3.63, 3.8) is 0 Å². The second-order valence-electron chi connectivity index (χ2n) is 8.28. The average molecular weight is 453 g/mol. The second-order valence-corrected chi connectivity index (χ2v) is 8.28. The molecule has 0 aliphatic rings. The fourth-order valence-electron chi connectivity index (χ4n) is 4.46. The first kappa shape index (κ1) is 21.3. The number of benzene rings is 3. The van der Waals surface area contributed by atoms with Crippen LogP contribution in [0.2, 0.25) is 0 Å². The highest BCUT2D eigenvalue weighted by Gasteiger charge is 2.30. The lowest BCUT2D eigenvalue weighted by atomic mass is 9.85. The lowest BCUT2D eigenvalue weighted by Gasteiger charge is -2.16. The van der Waals surface area contributed by atoms with Gasteiger partial charge in [-0.1, -0.05) is 48.5 Å². The van der Waals surface area contributed by atoms with E-state index in [1.54, 1.807) is 24.3 Å². The van der Waals surface area contributed by atoms with E-state index in [4.69, 9.17) is 0 Å². The molecule has 0 bridgehead atoms. The summed E-state index contributed by atoms with van der Waals surface area (Å²) in [6.45, 7) is 3.67. The summed E-state index contributed by atoms with van der Waals surface area (Å²) in [5, 5.41) is 16.2. The van der Waals surface area contributed by atoms with Crippen LogP contribution in [0.15, 0.2) is 94.5 Å². The van der Waals surface area contributed by atoms with Gasteiger partial charge in [0, 0.05) is 17.3 Å². The van der Waals surface area contributed by atoms with Crippen LogP contribution in [-0.4, -0.2) is 24.7 Å². The SMILES string of the molecule is Cc1[nH]n(-c2ccccc2)c(=O)c1C(c1ccc(O)cc1)c1c(C)[nH]n(-c2ccccc2)c1=O. The van der Waals surface area contributed by atoms with Gasteiger partial charge in [0.25, 0.3) is 11.1 Å². The van der Waals surface area contributed by atoms with Crippen molar-refractivity contribution < 1.29 is 5.11 Å². The Kier molecular flexibility index (Phi) is 5.30. The van der Waals surface area contributed by atoms with Crippen molar-refractivity contribution in [3.05, 3.63) is 134 Å². The van der Waals surface area contributed by atoms with Crippen LogP contribution in [0.25, 0.3) is 11.4 Å². The van der Waals surface area contributed by atoms with Gasteiger partial charge in [-0.05, 0) is 55.8 Å². The first-order valence-corrected chi connectivity index (χ1v) is 11.0. The summed E-state index contributed by atoms with van der Waals surface area (Å²) in [7, 11) is 0. The van der Waals surface area contributed by atoms with Crippen LogP contribution < -0.4 is 11.1 Å². The van der Waals surface area contributed by atoms with Gasteiger partial charge in [0.15, 0.2) is 0 Å². The van der Waals surface area contributed by atoms with E-state index in [9.17, 15) is 14.7 Å². The molecule has 7 heteroatoms. The summed E-state index contributed by atoms with van der Waals surface area (Å²) in [6, 6.07) is 25.3. The lowest BCUT2D eigenvalue weighted by molar-refractivity contribution is 0.475. The number of hydrogen-bond acceptors (Lipinski definition) is 3. The first-order chi connectivity index (χ1) is 16.5. The summed E-state index contributed by atoms with van der Waals surface area (Å²) in [5.41, 5.74) is 3.98. The minimum absolute atomic E-state index is 0.113. The quantitative estimate of drug-likeness (QED) is 0.374. The van der Waals surface area contributed by atoms with Gasteiger partial charge in [0.2, 0.25) is 0 Å². The molecular formula is C27H24N4O3. The molecule has 5 rings (SSSR count). The van der Waals surface area contributed by atoms with Gasteiger partial charge in [-0.15, -0.1) is 0 Å². The van der Waals surface area contributed by atoms with Crippen molar-refractivity contribution in [2.24, 2.45) is 0 Å². The van der Waals surface area contributed by atoms with E-state index in [1.807, 2.05) is 74.5 Å². The van der Waals surface area contributed by atoms with Crippen molar-refractivity contribution in [1.29, 1.82) is 0 Å². The highest BCUT2D eigenvalue weighted by atomic mass is 16.3. The van der Waals surface area contributed by atoms with Gasteiger partial charge in [0.05, 0.1) is 22.5 Å². The minimum atomic E-state index is -0.636. The molecule has 2 aromatic heterocycles. The van der Waals surface area contributed by atoms with Crippen LogP contribution in [-0.2, 0) is 0 Å². The number of hydrogen-bond donors (Lipinski definition) is 3. The third kappa shape index (κ3) is 3.57. The monoisotopic (exact) mass is 452 g/mol. The summed E-state index contributed by atoms with van der Waals surface area (Å²) < 4.78 is 2.99. The van der Waals surface area contributed by atoms with Crippen molar-refractivity contribution in [3.8, 4) is 17.1 Å². The van der Waals surface area contributed by atoms with Crippen molar-refractivity contribution >= 4 is 0 Å². The fraction of sp³-hybridized carbons (Fsp3) is 0.111. The van der Waals surface area contributed by atoms with Crippen molar-refractivity contribution in [1.82, 2.24) is 19.6 Å². The number of para-hydroxylation sites is 2. The van der Waals surface area contributed by atoms with E-state index in [-0.39, 0.29) is 16.9 Å². The number of phenols is 1. The number of aromatic hydroxyl groups is 1.